The van der Waals surface area contributed by atoms with Crippen LogP contribution in [-0.2, 0) is 16.1 Å². The SMILES string of the molecule is NC(=O)c1nn(CC(=O)N2C[C@H](F)C[C@H]2C(=O)N(c2cccc(Cl)c2)C(F)(F)F)c2ccc(-c3ccnnc3)cc12. The van der Waals surface area contributed by atoms with Crippen LogP contribution in [0.2, 0.25) is 5.02 Å². The smallest absolute Gasteiger partial charge is 0.364 e. The van der Waals surface area contributed by atoms with E-state index in [0.717, 1.165) is 21.7 Å². The Labute approximate surface area is 234 Å². The molecule has 3 heterocycles. The predicted molar refractivity (Wildman–Crippen MR) is 139 cm³/mol. The Hall–Kier alpha value is -4.59. The molecular weight excluding hydrogens is 570 g/mol. The molecular formula is C26H20ClF4N7O3. The third kappa shape index (κ3) is 5.55. The van der Waals surface area contributed by atoms with Gasteiger partial charge >= 0.3 is 6.30 Å². The fraction of sp³-hybridized carbons (Fsp3) is 0.231. The molecule has 1 saturated heterocycles. The van der Waals surface area contributed by atoms with Crippen LogP contribution < -0.4 is 10.6 Å². The van der Waals surface area contributed by atoms with Crippen molar-refractivity contribution in [3.05, 3.63) is 71.6 Å². The summed E-state index contributed by atoms with van der Waals surface area (Å²) in [5.41, 5.74) is 6.43. The Morgan fingerprint density at radius 1 is 1.07 bits per heavy atom. The molecule has 2 N–H and O–H groups in total. The standard InChI is InChI=1S/C26H20ClF4N7O3/c27-16-2-1-3-18(9-16)38(26(29,30)31)25(41)21-10-17(28)12-36(21)22(39)13-37-20-5-4-14(15-6-7-33-34-11-15)8-19(20)23(35-37)24(32)40/h1-9,11,17,21H,10,12-13H2,(H2,32,40)/t17-,21+/m1/s1. The zero-order chi connectivity index (χ0) is 29.5. The molecule has 1 aliphatic rings. The molecule has 212 valence electrons. The topological polar surface area (TPSA) is 127 Å². The minimum absolute atomic E-state index is 0.0496. The first-order valence-electron chi connectivity index (χ1n) is 12.1. The number of amides is 3. The molecule has 2 aromatic carbocycles. The number of nitrogens with two attached hydrogens (primary N) is 1. The number of fused-ring (bicyclic) bond motifs is 1. The highest BCUT2D eigenvalue weighted by atomic mass is 35.5. The molecule has 0 spiro atoms. The monoisotopic (exact) mass is 589 g/mol. The number of alkyl halides is 4. The van der Waals surface area contributed by atoms with Gasteiger partial charge in [-0.1, -0.05) is 23.7 Å². The van der Waals surface area contributed by atoms with Crippen molar-refractivity contribution in [2.75, 3.05) is 11.4 Å². The molecule has 2 aromatic heterocycles. The summed E-state index contributed by atoms with van der Waals surface area (Å²) in [5, 5.41) is 11.9. The zero-order valence-electron chi connectivity index (χ0n) is 20.9. The fourth-order valence-corrected chi connectivity index (χ4v) is 4.98. The third-order valence-electron chi connectivity index (χ3n) is 6.58. The number of primary amides is 1. The number of halogens is 5. The molecule has 41 heavy (non-hydrogen) atoms. The van der Waals surface area contributed by atoms with Crippen molar-refractivity contribution < 1.29 is 31.9 Å². The second-order valence-electron chi connectivity index (χ2n) is 9.25. The Morgan fingerprint density at radius 2 is 1.85 bits per heavy atom. The minimum atomic E-state index is -5.18. The van der Waals surface area contributed by atoms with Crippen molar-refractivity contribution in [2.45, 2.75) is 31.5 Å². The van der Waals surface area contributed by atoms with Gasteiger partial charge in [-0.05, 0) is 42.0 Å². The highest BCUT2D eigenvalue weighted by Crippen LogP contribution is 2.34. The number of nitrogens with zero attached hydrogens (tertiary/aromatic N) is 6. The summed E-state index contributed by atoms with van der Waals surface area (Å²) < 4.78 is 57.7. The third-order valence-corrected chi connectivity index (χ3v) is 6.82. The fourth-order valence-electron chi connectivity index (χ4n) is 4.80. The number of carbonyl (C=O) groups is 3. The van der Waals surface area contributed by atoms with Gasteiger partial charge in [-0.2, -0.15) is 15.3 Å². The van der Waals surface area contributed by atoms with Crippen LogP contribution in [0.4, 0.5) is 23.2 Å². The summed E-state index contributed by atoms with van der Waals surface area (Å²) in [7, 11) is 0. The van der Waals surface area contributed by atoms with Gasteiger partial charge in [0.05, 0.1) is 30.1 Å². The van der Waals surface area contributed by atoms with Crippen LogP contribution >= 0.6 is 11.6 Å². The van der Waals surface area contributed by atoms with Crippen LogP contribution in [0.3, 0.4) is 0 Å². The molecule has 0 bridgehead atoms. The van der Waals surface area contributed by atoms with Crippen LogP contribution in [0.25, 0.3) is 22.0 Å². The van der Waals surface area contributed by atoms with E-state index in [2.05, 4.69) is 15.3 Å². The molecule has 1 aliphatic heterocycles. The van der Waals surface area contributed by atoms with Gasteiger partial charge in [0.25, 0.3) is 11.8 Å². The molecule has 1 fully saturated rings. The number of rotatable bonds is 6. The van der Waals surface area contributed by atoms with E-state index in [9.17, 15) is 31.9 Å². The molecule has 3 amide bonds. The maximum atomic E-state index is 14.5. The van der Waals surface area contributed by atoms with Crippen molar-refractivity contribution in [2.24, 2.45) is 5.73 Å². The lowest BCUT2D eigenvalue weighted by atomic mass is 10.0. The maximum absolute atomic E-state index is 14.5. The molecule has 10 nitrogen and oxygen atoms in total. The lowest BCUT2D eigenvalue weighted by molar-refractivity contribution is -0.155. The Morgan fingerprint density at radius 3 is 2.51 bits per heavy atom. The lowest BCUT2D eigenvalue weighted by Crippen LogP contribution is -2.53. The van der Waals surface area contributed by atoms with Gasteiger partial charge in [0.1, 0.15) is 18.8 Å². The average molecular weight is 590 g/mol. The van der Waals surface area contributed by atoms with E-state index >= 15 is 0 Å². The van der Waals surface area contributed by atoms with Crippen molar-refractivity contribution in [3.8, 4) is 11.1 Å². The molecule has 0 saturated carbocycles. The summed E-state index contributed by atoms with van der Waals surface area (Å²) in [5.74, 6) is -3.29. The Balaban J connectivity index is 1.46. The first-order chi connectivity index (χ1) is 19.4. The van der Waals surface area contributed by atoms with Gasteiger partial charge in [-0.15, -0.1) is 13.2 Å². The second-order valence-corrected chi connectivity index (χ2v) is 9.69. The second kappa shape index (κ2) is 10.8. The van der Waals surface area contributed by atoms with Gasteiger partial charge in [-0.3, -0.25) is 19.1 Å². The van der Waals surface area contributed by atoms with Crippen LogP contribution in [0, 0.1) is 0 Å². The number of hydrogen-bond donors (Lipinski definition) is 1. The highest BCUT2D eigenvalue weighted by molar-refractivity contribution is 6.31. The zero-order valence-corrected chi connectivity index (χ0v) is 21.7. The van der Waals surface area contributed by atoms with Crippen molar-refractivity contribution >= 4 is 45.9 Å². The summed E-state index contributed by atoms with van der Waals surface area (Å²) in [6, 6.07) is 9.35. The van der Waals surface area contributed by atoms with E-state index in [1.165, 1.54) is 24.5 Å². The quantitative estimate of drug-likeness (QED) is 0.270. The Bertz CT molecular complexity index is 1650. The van der Waals surface area contributed by atoms with E-state index < -0.39 is 66.3 Å². The van der Waals surface area contributed by atoms with Crippen LogP contribution in [0.5, 0.6) is 0 Å². The largest absolute Gasteiger partial charge is 0.491 e. The van der Waals surface area contributed by atoms with Gasteiger partial charge < -0.3 is 10.6 Å². The van der Waals surface area contributed by atoms with Gasteiger partial charge in [-0.25, -0.2) is 9.29 Å². The molecule has 2 atom stereocenters. The van der Waals surface area contributed by atoms with E-state index in [0.29, 0.717) is 22.0 Å². The summed E-state index contributed by atoms with van der Waals surface area (Å²) in [4.78, 5) is 39.0. The molecule has 0 aliphatic carbocycles. The van der Waals surface area contributed by atoms with Gasteiger partial charge in [0.2, 0.25) is 5.91 Å². The van der Waals surface area contributed by atoms with Crippen molar-refractivity contribution in [3.63, 3.8) is 0 Å². The van der Waals surface area contributed by atoms with E-state index in [1.807, 2.05) is 0 Å². The number of carbonyl (C=O) groups excluding carboxylic acids is 3. The molecule has 5 rings (SSSR count). The number of likely N-dealkylation sites (tertiary alicyclic amines) is 1. The number of hydrogen-bond acceptors (Lipinski definition) is 6. The van der Waals surface area contributed by atoms with Gasteiger partial charge in [0.15, 0.2) is 5.69 Å². The summed E-state index contributed by atoms with van der Waals surface area (Å²) in [6.45, 7) is -1.20. The molecule has 4 aromatic rings. The number of aromatic nitrogens is 4. The van der Waals surface area contributed by atoms with Crippen molar-refractivity contribution in [1.82, 2.24) is 24.9 Å². The van der Waals surface area contributed by atoms with E-state index in [1.54, 1.807) is 24.3 Å². The Kier molecular flexibility index (Phi) is 7.34. The van der Waals surface area contributed by atoms with E-state index in [4.69, 9.17) is 17.3 Å². The summed E-state index contributed by atoms with van der Waals surface area (Å²) in [6.07, 6.45) is -4.57. The van der Waals surface area contributed by atoms with E-state index in [-0.39, 0.29) is 10.7 Å². The normalized spacial score (nSPS) is 17.1. The predicted octanol–water partition coefficient (Wildman–Crippen LogP) is 3.74. The summed E-state index contributed by atoms with van der Waals surface area (Å²) >= 11 is 5.83. The minimum Gasteiger partial charge on any atom is -0.364 e. The highest BCUT2D eigenvalue weighted by Gasteiger charge is 2.49. The van der Waals surface area contributed by atoms with Crippen LogP contribution in [0.1, 0.15) is 16.9 Å². The number of anilines is 1. The van der Waals surface area contributed by atoms with Crippen LogP contribution in [-0.4, -0.2) is 67.7 Å². The lowest BCUT2D eigenvalue weighted by Gasteiger charge is -2.31. The first kappa shape index (κ1) is 28.0. The molecule has 15 heteroatoms. The first-order valence-corrected chi connectivity index (χ1v) is 12.5. The van der Waals surface area contributed by atoms with Gasteiger partial charge in [0, 0.05) is 22.4 Å². The average Bonchev–Trinajstić information content (AvgIpc) is 3.49. The number of benzene rings is 2. The van der Waals surface area contributed by atoms with Crippen molar-refractivity contribution in [1.29, 1.82) is 0 Å². The molecule has 0 unspecified atom stereocenters. The maximum Gasteiger partial charge on any atom is 0.491 e. The van der Waals surface area contributed by atoms with Crippen LogP contribution in [0.15, 0.2) is 60.9 Å². The molecule has 0 radical (unpaired) electrons.